The maximum atomic E-state index is 6.38. The van der Waals surface area contributed by atoms with E-state index in [0.29, 0.717) is 11.5 Å². The van der Waals surface area contributed by atoms with Gasteiger partial charge in [-0.25, -0.2) is 15.8 Å². The third kappa shape index (κ3) is 4.79. The van der Waals surface area contributed by atoms with Crippen LogP contribution in [0.3, 0.4) is 0 Å². The SMILES string of the molecule is C#Cc1cccc(N(N)c2ncnc3nc(Nc4ccc(CN5CCOCC5)cc4)sc23)c1. The number of nitrogens with two attached hydrogens (primary N) is 1. The number of aromatic nitrogens is 3. The van der Waals surface area contributed by atoms with E-state index in [2.05, 4.69) is 55.4 Å². The van der Waals surface area contributed by atoms with Gasteiger partial charge in [0, 0.05) is 30.9 Å². The molecule has 1 aliphatic heterocycles. The van der Waals surface area contributed by atoms with Crippen molar-refractivity contribution in [1.82, 2.24) is 19.9 Å². The van der Waals surface area contributed by atoms with E-state index >= 15 is 0 Å². The molecule has 0 amide bonds. The average Bonchev–Trinajstić information content (AvgIpc) is 3.28. The zero-order chi connectivity index (χ0) is 22.6. The maximum absolute atomic E-state index is 6.38. The molecule has 3 N–H and O–H groups in total. The van der Waals surface area contributed by atoms with Crippen LogP contribution in [0.2, 0.25) is 0 Å². The summed E-state index contributed by atoms with van der Waals surface area (Å²) >= 11 is 1.45. The van der Waals surface area contributed by atoms with Crippen LogP contribution in [0.25, 0.3) is 10.3 Å². The van der Waals surface area contributed by atoms with Gasteiger partial charge in [-0.2, -0.15) is 4.98 Å². The second kappa shape index (κ2) is 9.52. The zero-order valence-electron chi connectivity index (χ0n) is 17.9. The molecule has 166 valence electrons. The molecular weight excluding hydrogens is 434 g/mol. The molecule has 3 heterocycles. The predicted octanol–water partition coefficient (Wildman–Crippen LogP) is 3.66. The molecular formula is C24H23N7OS. The minimum atomic E-state index is 0.570. The van der Waals surface area contributed by atoms with Gasteiger partial charge in [-0.1, -0.05) is 35.5 Å². The third-order valence-corrected chi connectivity index (χ3v) is 6.36. The minimum Gasteiger partial charge on any atom is -0.379 e. The Bertz CT molecular complexity index is 1290. The Morgan fingerprint density at radius 2 is 1.97 bits per heavy atom. The van der Waals surface area contributed by atoms with Crippen molar-refractivity contribution in [3.8, 4) is 12.3 Å². The molecule has 0 bridgehead atoms. The second-order valence-corrected chi connectivity index (χ2v) is 8.64. The van der Waals surface area contributed by atoms with Gasteiger partial charge in [0.1, 0.15) is 11.0 Å². The van der Waals surface area contributed by atoms with Crippen LogP contribution in [-0.2, 0) is 11.3 Å². The third-order valence-electron chi connectivity index (χ3n) is 5.41. The molecule has 0 spiro atoms. The number of hydrazine groups is 1. The molecule has 1 aliphatic rings. The van der Waals surface area contributed by atoms with E-state index in [1.807, 2.05) is 24.3 Å². The molecule has 0 aliphatic carbocycles. The summed E-state index contributed by atoms with van der Waals surface area (Å²) in [6.45, 7) is 4.48. The first-order valence-electron chi connectivity index (χ1n) is 10.6. The number of thiazole rings is 1. The fraction of sp³-hybridized carbons (Fsp3) is 0.208. The molecule has 9 heteroatoms. The van der Waals surface area contributed by atoms with Crippen molar-refractivity contribution in [2.24, 2.45) is 5.84 Å². The fourth-order valence-electron chi connectivity index (χ4n) is 3.67. The Kier molecular flexibility index (Phi) is 6.15. The Morgan fingerprint density at radius 3 is 2.76 bits per heavy atom. The summed E-state index contributed by atoms with van der Waals surface area (Å²) in [5.41, 5.74) is 4.30. The van der Waals surface area contributed by atoms with Crippen molar-refractivity contribution in [1.29, 1.82) is 0 Å². The van der Waals surface area contributed by atoms with E-state index in [4.69, 9.17) is 17.0 Å². The summed E-state index contributed by atoms with van der Waals surface area (Å²) in [6.07, 6.45) is 6.99. The summed E-state index contributed by atoms with van der Waals surface area (Å²) in [5, 5.41) is 5.60. The number of fused-ring (bicyclic) bond motifs is 1. The second-order valence-electron chi connectivity index (χ2n) is 7.64. The van der Waals surface area contributed by atoms with Crippen LogP contribution in [0, 0.1) is 12.3 Å². The fourth-order valence-corrected chi connectivity index (χ4v) is 4.60. The molecule has 0 saturated carbocycles. The number of terminal acetylenes is 1. The highest BCUT2D eigenvalue weighted by atomic mass is 32.1. The summed E-state index contributed by atoms with van der Waals surface area (Å²) in [6, 6.07) is 15.8. The first-order chi connectivity index (χ1) is 16.2. The van der Waals surface area contributed by atoms with Gasteiger partial charge in [0.2, 0.25) is 0 Å². The Hall–Kier alpha value is -3.55. The number of hydrogen-bond donors (Lipinski definition) is 2. The van der Waals surface area contributed by atoms with Crippen LogP contribution in [0.4, 0.5) is 22.3 Å². The summed E-state index contributed by atoms with van der Waals surface area (Å²) < 4.78 is 6.21. The van der Waals surface area contributed by atoms with Crippen LogP contribution in [-0.4, -0.2) is 46.2 Å². The smallest absolute Gasteiger partial charge is 0.189 e. The van der Waals surface area contributed by atoms with E-state index in [-0.39, 0.29) is 0 Å². The Labute approximate surface area is 196 Å². The van der Waals surface area contributed by atoms with Crippen LogP contribution in [0.1, 0.15) is 11.1 Å². The molecule has 0 radical (unpaired) electrons. The molecule has 0 unspecified atom stereocenters. The number of anilines is 4. The van der Waals surface area contributed by atoms with Gasteiger partial charge in [-0.05, 0) is 35.9 Å². The van der Waals surface area contributed by atoms with Crippen molar-refractivity contribution in [3.63, 3.8) is 0 Å². The van der Waals surface area contributed by atoms with Crippen molar-refractivity contribution in [3.05, 3.63) is 66.0 Å². The van der Waals surface area contributed by atoms with Gasteiger partial charge in [0.25, 0.3) is 0 Å². The van der Waals surface area contributed by atoms with Crippen LogP contribution in [0.5, 0.6) is 0 Å². The molecule has 8 nitrogen and oxygen atoms in total. The maximum Gasteiger partial charge on any atom is 0.189 e. The Morgan fingerprint density at radius 1 is 1.15 bits per heavy atom. The Balaban J connectivity index is 1.34. The highest BCUT2D eigenvalue weighted by molar-refractivity contribution is 7.22. The lowest BCUT2D eigenvalue weighted by Gasteiger charge is -2.26. The van der Waals surface area contributed by atoms with Gasteiger partial charge in [0.15, 0.2) is 16.6 Å². The first kappa shape index (κ1) is 21.3. The first-order valence-corrected chi connectivity index (χ1v) is 11.4. The lowest BCUT2D eigenvalue weighted by Crippen LogP contribution is -2.35. The molecule has 2 aromatic carbocycles. The largest absolute Gasteiger partial charge is 0.379 e. The standard InChI is InChI=1S/C24H23N7OS/c1-2-17-4-3-5-20(14-17)31(25)23-21-22(26-16-27-23)29-24(33-21)28-19-8-6-18(7-9-19)15-30-10-12-32-13-11-30/h1,3-9,14,16H,10-13,15,25H2,(H,26,27,28,29). The molecule has 1 saturated heterocycles. The van der Waals surface area contributed by atoms with Crippen LogP contribution < -0.4 is 16.2 Å². The van der Waals surface area contributed by atoms with E-state index in [1.54, 1.807) is 0 Å². The number of morpholine rings is 1. The van der Waals surface area contributed by atoms with Crippen molar-refractivity contribution in [2.75, 3.05) is 36.6 Å². The van der Waals surface area contributed by atoms with E-state index in [0.717, 1.165) is 59.6 Å². The summed E-state index contributed by atoms with van der Waals surface area (Å²) in [5.74, 6) is 9.58. The monoisotopic (exact) mass is 457 g/mol. The van der Waals surface area contributed by atoms with Crippen molar-refractivity contribution in [2.45, 2.75) is 6.54 Å². The van der Waals surface area contributed by atoms with Crippen LogP contribution >= 0.6 is 11.3 Å². The van der Waals surface area contributed by atoms with Gasteiger partial charge in [-0.3, -0.25) is 9.91 Å². The van der Waals surface area contributed by atoms with E-state index < -0.39 is 0 Å². The number of rotatable bonds is 6. The number of ether oxygens (including phenoxy) is 1. The lowest BCUT2D eigenvalue weighted by molar-refractivity contribution is 0.0342. The van der Waals surface area contributed by atoms with E-state index in [1.165, 1.54) is 28.2 Å². The summed E-state index contributed by atoms with van der Waals surface area (Å²) in [7, 11) is 0. The predicted molar refractivity (Wildman–Crippen MR) is 132 cm³/mol. The highest BCUT2D eigenvalue weighted by Gasteiger charge is 2.16. The number of hydrogen-bond acceptors (Lipinski definition) is 9. The normalized spacial score (nSPS) is 14.2. The van der Waals surface area contributed by atoms with E-state index in [9.17, 15) is 0 Å². The minimum absolute atomic E-state index is 0.570. The lowest BCUT2D eigenvalue weighted by atomic mass is 10.2. The van der Waals surface area contributed by atoms with Crippen LogP contribution in [0.15, 0.2) is 54.9 Å². The van der Waals surface area contributed by atoms with Gasteiger partial charge in [0.05, 0.1) is 18.9 Å². The highest BCUT2D eigenvalue weighted by Crippen LogP contribution is 2.34. The molecule has 33 heavy (non-hydrogen) atoms. The van der Waals surface area contributed by atoms with Gasteiger partial charge >= 0.3 is 0 Å². The quantitative estimate of drug-likeness (QED) is 0.258. The zero-order valence-corrected chi connectivity index (χ0v) is 18.8. The van der Waals surface area contributed by atoms with Crippen molar-refractivity contribution < 1.29 is 4.74 Å². The van der Waals surface area contributed by atoms with Crippen molar-refractivity contribution >= 4 is 44.0 Å². The number of nitrogens with zero attached hydrogens (tertiary/aromatic N) is 5. The number of benzene rings is 2. The van der Waals surface area contributed by atoms with Gasteiger partial charge < -0.3 is 10.1 Å². The number of nitrogens with one attached hydrogen (secondary N) is 1. The molecule has 5 rings (SSSR count). The topological polar surface area (TPSA) is 92.4 Å². The molecule has 2 aromatic heterocycles. The summed E-state index contributed by atoms with van der Waals surface area (Å²) in [4.78, 5) is 15.7. The molecule has 4 aromatic rings. The molecule has 1 fully saturated rings. The average molecular weight is 458 g/mol. The molecule has 0 atom stereocenters. The van der Waals surface area contributed by atoms with Gasteiger partial charge in [-0.15, -0.1) is 6.42 Å².